The Balaban J connectivity index is 2.82. The van der Waals surface area contributed by atoms with Crippen LogP contribution in [0.1, 0.15) is 39.3 Å². The summed E-state index contributed by atoms with van der Waals surface area (Å²) in [7, 11) is 0. The highest BCUT2D eigenvalue weighted by Crippen LogP contribution is 2.22. The first-order chi connectivity index (χ1) is 8.70. The van der Waals surface area contributed by atoms with Crippen LogP contribution >= 0.6 is 11.3 Å². The lowest BCUT2D eigenvalue weighted by Crippen LogP contribution is -2.41. The van der Waals surface area contributed by atoms with Gasteiger partial charge in [0.25, 0.3) is 0 Å². The first-order valence-corrected chi connectivity index (χ1v) is 6.80. The second-order valence-corrected chi connectivity index (χ2v) is 5.99. The first kappa shape index (κ1) is 15.4. The maximum Gasteiger partial charge on any atom is 0.408 e. The zero-order valence-corrected chi connectivity index (χ0v) is 12.2. The SMILES string of the molecule is C[C@@H]([C@@H](NC(=O)OC(C)(C)C)c1ccsc1)[N+](=O)[O-]. The fourth-order valence-corrected chi connectivity index (χ4v) is 2.19. The van der Waals surface area contributed by atoms with Crippen LogP contribution in [-0.2, 0) is 4.74 Å². The molecule has 1 heterocycles. The molecule has 0 fully saturated rings. The van der Waals surface area contributed by atoms with Crippen molar-refractivity contribution in [2.45, 2.75) is 45.4 Å². The lowest BCUT2D eigenvalue weighted by molar-refractivity contribution is -0.523. The summed E-state index contributed by atoms with van der Waals surface area (Å²) < 4.78 is 5.13. The number of carbonyl (C=O) groups excluding carboxylic acids is 1. The summed E-state index contributed by atoms with van der Waals surface area (Å²) >= 11 is 1.42. The van der Waals surface area contributed by atoms with E-state index >= 15 is 0 Å². The molecule has 19 heavy (non-hydrogen) atoms. The number of hydrogen-bond donors (Lipinski definition) is 1. The Kier molecular flexibility index (Phi) is 4.88. The molecule has 0 aliphatic carbocycles. The minimum atomic E-state index is -0.929. The summed E-state index contributed by atoms with van der Waals surface area (Å²) in [6.07, 6.45) is -0.655. The van der Waals surface area contributed by atoms with Crippen molar-refractivity contribution in [3.63, 3.8) is 0 Å². The van der Waals surface area contributed by atoms with Crippen LogP contribution in [0.4, 0.5) is 4.79 Å². The second kappa shape index (κ2) is 6.01. The van der Waals surface area contributed by atoms with Crippen molar-refractivity contribution in [2.24, 2.45) is 0 Å². The second-order valence-electron chi connectivity index (χ2n) is 5.21. The summed E-state index contributed by atoms with van der Waals surface area (Å²) in [6.45, 7) is 6.68. The van der Waals surface area contributed by atoms with Crippen LogP contribution in [0.2, 0.25) is 0 Å². The topological polar surface area (TPSA) is 81.5 Å². The molecule has 0 saturated heterocycles. The molecule has 0 aliphatic rings. The predicted molar refractivity (Wildman–Crippen MR) is 72.9 cm³/mol. The molecule has 1 rings (SSSR count). The Morgan fingerprint density at radius 1 is 1.53 bits per heavy atom. The van der Waals surface area contributed by atoms with E-state index in [4.69, 9.17) is 4.74 Å². The minimum absolute atomic E-state index is 0.417. The van der Waals surface area contributed by atoms with E-state index in [0.717, 1.165) is 0 Å². The largest absolute Gasteiger partial charge is 0.444 e. The van der Waals surface area contributed by atoms with E-state index in [1.807, 2.05) is 5.38 Å². The van der Waals surface area contributed by atoms with Crippen molar-refractivity contribution < 1.29 is 14.5 Å². The van der Waals surface area contributed by atoms with E-state index in [0.29, 0.717) is 5.56 Å². The van der Waals surface area contributed by atoms with E-state index in [-0.39, 0.29) is 0 Å². The number of carbonyl (C=O) groups is 1. The fourth-order valence-electron chi connectivity index (χ4n) is 1.49. The van der Waals surface area contributed by atoms with Crippen molar-refractivity contribution in [2.75, 3.05) is 0 Å². The molecule has 0 bridgehead atoms. The van der Waals surface area contributed by atoms with E-state index in [9.17, 15) is 14.9 Å². The lowest BCUT2D eigenvalue weighted by atomic mass is 10.0. The molecule has 106 valence electrons. The zero-order valence-electron chi connectivity index (χ0n) is 11.4. The monoisotopic (exact) mass is 286 g/mol. The molecule has 6 nitrogen and oxygen atoms in total. The summed E-state index contributed by atoms with van der Waals surface area (Å²) in [5.41, 5.74) is 0.0706. The molecule has 1 amide bonds. The van der Waals surface area contributed by atoms with E-state index in [1.54, 1.807) is 32.2 Å². The van der Waals surface area contributed by atoms with Gasteiger partial charge in [-0.25, -0.2) is 4.79 Å². The van der Waals surface area contributed by atoms with Crippen LogP contribution in [0.15, 0.2) is 16.8 Å². The third-order valence-corrected chi connectivity index (χ3v) is 3.09. The van der Waals surface area contributed by atoms with Crippen LogP contribution < -0.4 is 5.32 Å². The van der Waals surface area contributed by atoms with Crippen LogP contribution in [-0.4, -0.2) is 22.7 Å². The molecule has 0 saturated carbocycles. The normalized spacial score (nSPS) is 14.5. The minimum Gasteiger partial charge on any atom is -0.444 e. The molecule has 7 heteroatoms. The molecule has 0 radical (unpaired) electrons. The maximum atomic E-state index is 11.7. The van der Waals surface area contributed by atoms with Gasteiger partial charge in [-0.15, -0.1) is 0 Å². The number of hydrogen-bond acceptors (Lipinski definition) is 5. The average Bonchev–Trinajstić information content (AvgIpc) is 2.75. The van der Waals surface area contributed by atoms with Crippen LogP contribution in [0.25, 0.3) is 0 Å². The van der Waals surface area contributed by atoms with Crippen LogP contribution in [0, 0.1) is 10.1 Å². The Labute approximate surface area is 115 Å². The number of alkyl carbamates (subject to hydrolysis) is 1. The molecular weight excluding hydrogens is 268 g/mol. The number of nitrogens with one attached hydrogen (secondary N) is 1. The highest BCUT2D eigenvalue weighted by Gasteiger charge is 2.31. The number of thiophene rings is 1. The standard InChI is InChI=1S/C12H18N2O4S/c1-8(14(16)17)10(9-5-6-19-7-9)13-11(15)18-12(2,3)4/h5-8,10H,1-4H3,(H,13,15)/t8-,10+/m0/s1. The predicted octanol–water partition coefficient (Wildman–Crippen LogP) is 2.98. The summed E-state index contributed by atoms with van der Waals surface area (Å²) in [6, 6.07) is 0.130. The van der Waals surface area contributed by atoms with Gasteiger partial charge in [-0.1, -0.05) is 0 Å². The van der Waals surface area contributed by atoms with Crippen molar-refractivity contribution >= 4 is 17.4 Å². The van der Waals surface area contributed by atoms with Gasteiger partial charge < -0.3 is 10.1 Å². The summed E-state index contributed by atoms with van der Waals surface area (Å²) in [5.74, 6) is 0. The quantitative estimate of drug-likeness (QED) is 0.681. The van der Waals surface area contributed by atoms with Gasteiger partial charge in [0.2, 0.25) is 6.04 Å². The van der Waals surface area contributed by atoms with E-state index in [1.165, 1.54) is 18.3 Å². The average molecular weight is 286 g/mol. The number of nitrogens with zero attached hydrogens (tertiary/aromatic N) is 1. The first-order valence-electron chi connectivity index (χ1n) is 5.86. The van der Waals surface area contributed by atoms with Crippen molar-refractivity contribution in [1.29, 1.82) is 0 Å². The van der Waals surface area contributed by atoms with Crippen LogP contribution in [0.5, 0.6) is 0 Å². The Bertz CT molecular complexity index is 439. The van der Waals surface area contributed by atoms with E-state index in [2.05, 4.69) is 5.32 Å². The highest BCUT2D eigenvalue weighted by atomic mass is 32.1. The van der Waals surface area contributed by atoms with E-state index < -0.39 is 28.7 Å². The van der Waals surface area contributed by atoms with Crippen molar-refractivity contribution in [3.05, 3.63) is 32.5 Å². The number of ether oxygens (including phenoxy) is 1. The third-order valence-electron chi connectivity index (χ3n) is 2.39. The third kappa shape index (κ3) is 4.86. The van der Waals surface area contributed by atoms with Gasteiger partial charge in [-0.05, 0) is 43.2 Å². The lowest BCUT2D eigenvalue weighted by Gasteiger charge is -2.23. The Hall–Kier alpha value is -1.63. The van der Waals surface area contributed by atoms with Gasteiger partial charge >= 0.3 is 6.09 Å². The Morgan fingerprint density at radius 3 is 2.58 bits per heavy atom. The smallest absolute Gasteiger partial charge is 0.408 e. The van der Waals surface area contributed by atoms with Gasteiger partial charge in [0, 0.05) is 11.8 Å². The Morgan fingerprint density at radius 2 is 2.16 bits per heavy atom. The van der Waals surface area contributed by atoms with Gasteiger partial charge in [0.15, 0.2) is 0 Å². The number of rotatable bonds is 4. The fraction of sp³-hybridized carbons (Fsp3) is 0.583. The molecule has 1 aromatic rings. The van der Waals surface area contributed by atoms with Gasteiger partial charge in [0.05, 0.1) is 0 Å². The molecule has 1 N–H and O–H groups in total. The molecule has 2 atom stereocenters. The van der Waals surface area contributed by atoms with Gasteiger partial charge in [-0.2, -0.15) is 11.3 Å². The molecular formula is C12H18N2O4S. The van der Waals surface area contributed by atoms with Crippen molar-refractivity contribution in [3.8, 4) is 0 Å². The molecule has 0 spiro atoms. The van der Waals surface area contributed by atoms with Crippen LogP contribution in [0.3, 0.4) is 0 Å². The van der Waals surface area contributed by atoms with Gasteiger partial charge in [0.1, 0.15) is 11.6 Å². The highest BCUT2D eigenvalue weighted by molar-refractivity contribution is 7.07. The number of amides is 1. The maximum absolute atomic E-state index is 11.7. The zero-order chi connectivity index (χ0) is 14.6. The summed E-state index contributed by atoms with van der Waals surface area (Å²) in [5, 5.41) is 17.1. The molecule has 0 unspecified atom stereocenters. The number of nitro groups is 1. The van der Waals surface area contributed by atoms with Gasteiger partial charge in [-0.3, -0.25) is 10.1 Å². The molecule has 0 aromatic carbocycles. The molecule has 0 aliphatic heterocycles. The summed E-state index contributed by atoms with van der Waals surface area (Å²) in [4.78, 5) is 22.2. The molecule has 1 aromatic heterocycles. The van der Waals surface area contributed by atoms with Crippen molar-refractivity contribution in [1.82, 2.24) is 5.32 Å².